The van der Waals surface area contributed by atoms with Gasteiger partial charge in [0.25, 0.3) is 5.91 Å². The number of hydrogen-bond donors (Lipinski definition) is 1. The molecule has 0 radical (unpaired) electrons. The van der Waals surface area contributed by atoms with Crippen LogP contribution in [0.5, 0.6) is 0 Å². The van der Waals surface area contributed by atoms with Gasteiger partial charge in [-0.1, -0.05) is 18.2 Å². The molecule has 3 nitrogen and oxygen atoms in total. The minimum atomic E-state index is -0.602. The number of anilines is 1. The number of nitrogens with two attached hydrogens (primary N) is 1. The molecule has 110 valence electrons. The number of nitrogens with zero attached hydrogens (tertiary/aromatic N) is 1. The molecule has 0 fully saturated rings. The van der Waals surface area contributed by atoms with Gasteiger partial charge in [0.15, 0.2) is 0 Å². The van der Waals surface area contributed by atoms with E-state index in [9.17, 15) is 13.6 Å². The molecule has 0 unspecified atom stereocenters. The highest BCUT2D eigenvalue weighted by Gasteiger charge is 2.19. The Morgan fingerprint density at radius 2 is 1.90 bits per heavy atom. The molecule has 0 aliphatic heterocycles. The first-order valence-corrected chi connectivity index (χ1v) is 6.44. The Hall–Kier alpha value is -2.43. The maximum atomic E-state index is 14.0. The molecule has 2 aromatic carbocycles. The van der Waals surface area contributed by atoms with Crippen molar-refractivity contribution in [2.75, 3.05) is 12.8 Å². The summed E-state index contributed by atoms with van der Waals surface area (Å²) < 4.78 is 27.6. The van der Waals surface area contributed by atoms with Crippen molar-refractivity contribution in [1.82, 2.24) is 4.90 Å². The predicted molar refractivity (Wildman–Crippen MR) is 77.7 cm³/mol. The summed E-state index contributed by atoms with van der Waals surface area (Å²) in [5.74, 6) is -1.54. The minimum Gasteiger partial charge on any atom is -0.399 e. The van der Waals surface area contributed by atoms with Gasteiger partial charge in [-0.25, -0.2) is 8.78 Å². The molecule has 0 aromatic heterocycles. The summed E-state index contributed by atoms with van der Waals surface area (Å²) in [6, 6.07) is 8.91. The fourth-order valence-electron chi connectivity index (χ4n) is 2.11. The Morgan fingerprint density at radius 3 is 2.57 bits per heavy atom. The molecule has 0 atom stereocenters. The largest absolute Gasteiger partial charge is 0.399 e. The van der Waals surface area contributed by atoms with Crippen LogP contribution in [0.3, 0.4) is 0 Å². The van der Waals surface area contributed by atoms with Crippen molar-refractivity contribution < 1.29 is 13.6 Å². The number of benzene rings is 2. The first kappa shape index (κ1) is 15.0. The van der Waals surface area contributed by atoms with Crippen molar-refractivity contribution in [3.05, 3.63) is 64.7 Å². The van der Waals surface area contributed by atoms with E-state index in [0.29, 0.717) is 16.8 Å². The second-order valence-electron chi connectivity index (χ2n) is 4.95. The number of carbonyl (C=O) groups excluding carboxylic acids is 1. The number of nitrogen functional groups attached to an aromatic ring is 1. The van der Waals surface area contributed by atoms with Crippen molar-refractivity contribution in [3.8, 4) is 0 Å². The summed E-state index contributed by atoms with van der Waals surface area (Å²) in [6.07, 6.45) is 0. The third-order valence-electron chi connectivity index (χ3n) is 3.22. The van der Waals surface area contributed by atoms with E-state index < -0.39 is 17.5 Å². The Balaban J connectivity index is 2.26. The zero-order valence-electron chi connectivity index (χ0n) is 11.9. The molecule has 0 saturated heterocycles. The highest BCUT2D eigenvalue weighted by molar-refractivity contribution is 5.95. The van der Waals surface area contributed by atoms with Crippen LogP contribution in [-0.2, 0) is 6.54 Å². The predicted octanol–water partition coefficient (Wildman–Crippen LogP) is 3.13. The van der Waals surface area contributed by atoms with Crippen LogP contribution in [-0.4, -0.2) is 17.9 Å². The van der Waals surface area contributed by atoms with Crippen molar-refractivity contribution in [3.63, 3.8) is 0 Å². The van der Waals surface area contributed by atoms with E-state index in [0.717, 1.165) is 0 Å². The number of halogens is 2. The van der Waals surface area contributed by atoms with E-state index in [2.05, 4.69) is 0 Å². The molecule has 0 aliphatic carbocycles. The van der Waals surface area contributed by atoms with E-state index >= 15 is 0 Å². The van der Waals surface area contributed by atoms with E-state index in [1.165, 1.54) is 30.1 Å². The molecule has 0 aliphatic rings. The molecule has 0 bridgehead atoms. The average molecular weight is 290 g/mol. The van der Waals surface area contributed by atoms with Crippen LogP contribution in [0.2, 0.25) is 0 Å². The second kappa shape index (κ2) is 5.91. The summed E-state index contributed by atoms with van der Waals surface area (Å²) >= 11 is 0. The molecule has 0 spiro atoms. The van der Waals surface area contributed by atoms with Gasteiger partial charge in [-0.3, -0.25) is 4.79 Å². The molecule has 0 saturated carbocycles. The number of rotatable bonds is 3. The molecular formula is C16H16F2N2O. The number of aryl methyl sites for hydroxylation is 1. The molecule has 1 amide bonds. The van der Waals surface area contributed by atoms with Gasteiger partial charge in [0, 0.05) is 24.8 Å². The lowest BCUT2D eigenvalue weighted by Crippen LogP contribution is -2.27. The monoisotopic (exact) mass is 290 g/mol. The van der Waals surface area contributed by atoms with Gasteiger partial charge in [-0.05, 0) is 30.7 Å². The first-order valence-electron chi connectivity index (χ1n) is 6.44. The summed E-state index contributed by atoms with van der Waals surface area (Å²) in [6.45, 7) is 1.60. The highest BCUT2D eigenvalue weighted by Crippen LogP contribution is 2.19. The summed E-state index contributed by atoms with van der Waals surface area (Å²) in [4.78, 5) is 13.6. The zero-order valence-corrected chi connectivity index (χ0v) is 11.9. The maximum Gasteiger partial charge on any atom is 0.256 e. The molecule has 2 rings (SSSR count). The smallest absolute Gasteiger partial charge is 0.256 e. The fourth-order valence-corrected chi connectivity index (χ4v) is 2.11. The van der Waals surface area contributed by atoms with Crippen LogP contribution in [0.15, 0.2) is 36.4 Å². The lowest BCUT2D eigenvalue weighted by atomic mass is 10.1. The Bertz CT molecular complexity index is 686. The third-order valence-corrected chi connectivity index (χ3v) is 3.22. The summed E-state index contributed by atoms with van der Waals surface area (Å²) in [7, 11) is 1.49. The van der Waals surface area contributed by atoms with E-state index in [1.54, 1.807) is 25.1 Å². The van der Waals surface area contributed by atoms with Crippen molar-refractivity contribution >= 4 is 11.6 Å². The summed E-state index contributed by atoms with van der Waals surface area (Å²) in [5.41, 5.74) is 6.53. The van der Waals surface area contributed by atoms with Crippen molar-refractivity contribution in [2.24, 2.45) is 0 Å². The molecule has 21 heavy (non-hydrogen) atoms. The van der Waals surface area contributed by atoms with Crippen LogP contribution in [0, 0.1) is 18.6 Å². The molecule has 0 heterocycles. The normalized spacial score (nSPS) is 10.5. The molecule has 5 heteroatoms. The molecular weight excluding hydrogens is 274 g/mol. The van der Waals surface area contributed by atoms with Gasteiger partial charge in [0.1, 0.15) is 11.6 Å². The Labute approximate surface area is 122 Å². The van der Waals surface area contributed by atoms with Gasteiger partial charge < -0.3 is 10.6 Å². The zero-order chi connectivity index (χ0) is 15.6. The highest BCUT2D eigenvalue weighted by atomic mass is 19.1. The van der Waals surface area contributed by atoms with E-state index in [1.807, 2.05) is 0 Å². The van der Waals surface area contributed by atoms with Gasteiger partial charge >= 0.3 is 0 Å². The topological polar surface area (TPSA) is 46.3 Å². The van der Waals surface area contributed by atoms with Crippen LogP contribution < -0.4 is 5.73 Å². The maximum absolute atomic E-state index is 14.0. The lowest BCUT2D eigenvalue weighted by Gasteiger charge is -2.19. The molecule has 2 N–H and O–H groups in total. The number of carbonyl (C=O) groups is 1. The van der Waals surface area contributed by atoms with Gasteiger partial charge in [0.05, 0.1) is 5.56 Å². The second-order valence-corrected chi connectivity index (χ2v) is 4.95. The van der Waals surface area contributed by atoms with Gasteiger partial charge in [-0.2, -0.15) is 0 Å². The third kappa shape index (κ3) is 3.18. The Kier molecular flexibility index (Phi) is 4.21. The average Bonchev–Trinajstić information content (AvgIpc) is 2.44. The Morgan fingerprint density at radius 1 is 1.24 bits per heavy atom. The van der Waals surface area contributed by atoms with Crippen molar-refractivity contribution in [1.29, 1.82) is 0 Å². The van der Waals surface area contributed by atoms with Crippen molar-refractivity contribution in [2.45, 2.75) is 13.5 Å². The summed E-state index contributed by atoms with van der Waals surface area (Å²) in [5, 5.41) is 0. The van der Waals surface area contributed by atoms with E-state index in [-0.39, 0.29) is 12.1 Å². The van der Waals surface area contributed by atoms with Gasteiger partial charge in [0.2, 0.25) is 0 Å². The minimum absolute atomic E-state index is 0.0544. The number of amides is 1. The van der Waals surface area contributed by atoms with Crippen LogP contribution >= 0.6 is 0 Å². The molecule has 2 aromatic rings. The van der Waals surface area contributed by atoms with E-state index in [4.69, 9.17) is 5.73 Å². The SMILES string of the molecule is Cc1cc(N)cc(C(=O)N(C)Cc2ccccc2F)c1F. The number of hydrogen-bond acceptors (Lipinski definition) is 2. The fraction of sp³-hybridized carbons (Fsp3) is 0.188. The quantitative estimate of drug-likeness (QED) is 0.883. The standard InChI is InChI=1S/C16H16F2N2O/c1-10-7-12(19)8-13(15(10)18)16(21)20(2)9-11-5-3-4-6-14(11)17/h3-8H,9,19H2,1-2H3. The lowest BCUT2D eigenvalue weighted by molar-refractivity contribution is 0.0779. The van der Waals surface area contributed by atoms with Gasteiger partial charge in [-0.15, -0.1) is 0 Å². The first-order chi connectivity index (χ1) is 9.90. The van der Waals surface area contributed by atoms with Crippen LogP contribution in [0.25, 0.3) is 0 Å². The van der Waals surface area contributed by atoms with Crippen LogP contribution in [0.1, 0.15) is 21.5 Å². The van der Waals surface area contributed by atoms with Crippen LogP contribution in [0.4, 0.5) is 14.5 Å².